The second-order valence-corrected chi connectivity index (χ2v) is 6.60. The standard InChI is InChI=1S/C12H18N2O5S/c1-3-10(13)8-20(17,18)7-9-4-5-12(19-2)11(6-9)14(15)16/h4-6,10H,3,7-8,13H2,1-2H3. The first-order chi connectivity index (χ1) is 9.29. The molecule has 0 aliphatic rings. The molecule has 0 fully saturated rings. The first-order valence-electron chi connectivity index (χ1n) is 6.06. The van der Waals surface area contributed by atoms with Crippen LogP contribution in [0.5, 0.6) is 5.75 Å². The van der Waals surface area contributed by atoms with E-state index in [2.05, 4.69) is 0 Å². The molecular formula is C12H18N2O5S. The Morgan fingerprint density at radius 2 is 2.10 bits per heavy atom. The molecule has 0 radical (unpaired) electrons. The minimum Gasteiger partial charge on any atom is -0.490 e. The van der Waals surface area contributed by atoms with Crippen LogP contribution in [0.1, 0.15) is 18.9 Å². The molecule has 0 saturated carbocycles. The van der Waals surface area contributed by atoms with Crippen LogP contribution in [0.2, 0.25) is 0 Å². The highest BCUT2D eigenvalue weighted by atomic mass is 32.2. The van der Waals surface area contributed by atoms with Crippen LogP contribution in [-0.4, -0.2) is 32.2 Å². The van der Waals surface area contributed by atoms with E-state index in [0.717, 1.165) is 0 Å². The molecule has 8 heteroatoms. The number of nitro benzene ring substituents is 1. The van der Waals surface area contributed by atoms with E-state index in [9.17, 15) is 18.5 Å². The van der Waals surface area contributed by atoms with Crippen molar-refractivity contribution in [2.75, 3.05) is 12.9 Å². The van der Waals surface area contributed by atoms with Gasteiger partial charge in [0.25, 0.3) is 0 Å². The number of sulfone groups is 1. The zero-order valence-electron chi connectivity index (χ0n) is 11.4. The van der Waals surface area contributed by atoms with Crippen LogP contribution in [0.4, 0.5) is 5.69 Å². The highest BCUT2D eigenvalue weighted by molar-refractivity contribution is 7.90. The van der Waals surface area contributed by atoms with Crippen LogP contribution in [0.25, 0.3) is 0 Å². The number of ether oxygens (including phenoxy) is 1. The van der Waals surface area contributed by atoms with Gasteiger partial charge in [0.2, 0.25) is 0 Å². The minimum atomic E-state index is -3.40. The fourth-order valence-electron chi connectivity index (χ4n) is 1.72. The van der Waals surface area contributed by atoms with Crippen molar-refractivity contribution in [1.29, 1.82) is 0 Å². The second-order valence-electron chi connectivity index (χ2n) is 4.49. The first-order valence-corrected chi connectivity index (χ1v) is 7.88. The summed E-state index contributed by atoms with van der Waals surface area (Å²) < 4.78 is 28.7. The Hall–Kier alpha value is -1.67. The SMILES string of the molecule is CCC(N)CS(=O)(=O)Cc1ccc(OC)c([N+](=O)[O-])c1. The lowest BCUT2D eigenvalue weighted by Crippen LogP contribution is -2.29. The van der Waals surface area contributed by atoms with Crippen molar-refractivity contribution in [3.8, 4) is 5.75 Å². The Labute approximate surface area is 117 Å². The third kappa shape index (κ3) is 4.46. The Morgan fingerprint density at radius 3 is 2.60 bits per heavy atom. The van der Waals surface area contributed by atoms with E-state index in [1.54, 1.807) is 6.92 Å². The number of hydrogen-bond acceptors (Lipinski definition) is 6. The molecule has 0 saturated heterocycles. The van der Waals surface area contributed by atoms with Gasteiger partial charge in [-0.25, -0.2) is 8.42 Å². The highest BCUT2D eigenvalue weighted by Crippen LogP contribution is 2.28. The maximum Gasteiger partial charge on any atom is 0.311 e. The van der Waals surface area contributed by atoms with Gasteiger partial charge < -0.3 is 10.5 Å². The van der Waals surface area contributed by atoms with Gasteiger partial charge in [0.05, 0.1) is 23.5 Å². The maximum absolute atomic E-state index is 11.9. The third-order valence-corrected chi connectivity index (χ3v) is 4.53. The molecule has 1 rings (SSSR count). The molecule has 0 amide bonds. The number of methoxy groups -OCH3 is 1. The van der Waals surface area contributed by atoms with Gasteiger partial charge >= 0.3 is 5.69 Å². The second kappa shape index (κ2) is 6.67. The average Bonchev–Trinajstić information content (AvgIpc) is 2.37. The van der Waals surface area contributed by atoms with E-state index in [4.69, 9.17) is 10.5 Å². The minimum absolute atomic E-state index is 0.0985. The van der Waals surface area contributed by atoms with Crippen LogP contribution in [0.3, 0.4) is 0 Å². The van der Waals surface area contributed by atoms with E-state index < -0.39 is 20.8 Å². The molecule has 112 valence electrons. The molecule has 1 atom stereocenters. The number of hydrogen-bond donors (Lipinski definition) is 1. The van der Waals surface area contributed by atoms with Crippen LogP contribution in [-0.2, 0) is 15.6 Å². The summed E-state index contributed by atoms with van der Waals surface area (Å²) in [6.07, 6.45) is 0.558. The summed E-state index contributed by atoms with van der Waals surface area (Å²) in [5, 5.41) is 10.9. The van der Waals surface area contributed by atoms with Gasteiger partial charge in [0.1, 0.15) is 0 Å². The number of benzene rings is 1. The Kier molecular flexibility index (Phi) is 5.46. The molecule has 1 unspecified atom stereocenters. The predicted octanol–water partition coefficient (Wildman–Crippen LogP) is 1.26. The molecule has 0 aliphatic heterocycles. The van der Waals surface area contributed by atoms with Gasteiger partial charge in [-0.15, -0.1) is 0 Å². The molecular weight excluding hydrogens is 284 g/mol. The number of nitrogens with two attached hydrogens (primary N) is 1. The van der Waals surface area contributed by atoms with Gasteiger partial charge in [-0.3, -0.25) is 10.1 Å². The zero-order valence-corrected chi connectivity index (χ0v) is 12.2. The summed E-state index contributed by atoms with van der Waals surface area (Å²) in [6.45, 7) is 1.80. The third-order valence-electron chi connectivity index (χ3n) is 2.82. The van der Waals surface area contributed by atoms with Gasteiger partial charge in [-0.05, 0) is 18.1 Å². The van der Waals surface area contributed by atoms with E-state index in [1.807, 2.05) is 0 Å². The highest BCUT2D eigenvalue weighted by Gasteiger charge is 2.20. The average molecular weight is 302 g/mol. The topological polar surface area (TPSA) is 113 Å². The lowest BCUT2D eigenvalue weighted by molar-refractivity contribution is -0.385. The van der Waals surface area contributed by atoms with E-state index in [-0.39, 0.29) is 22.9 Å². The molecule has 0 aliphatic carbocycles. The number of nitro groups is 1. The molecule has 20 heavy (non-hydrogen) atoms. The smallest absolute Gasteiger partial charge is 0.311 e. The van der Waals surface area contributed by atoms with Crippen molar-refractivity contribution in [2.45, 2.75) is 25.1 Å². The van der Waals surface area contributed by atoms with E-state index in [0.29, 0.717) is 12.0 Å². The van der Waals surface area contributed by atoms with E-state index in [1.165, 1.54) is 25.3 Å². The summed E-state index contributed by atoms with van der Waals surface area (Å²) >= 11 is 0. The van der Waals surface area contributed by atoms with Crippen molar-refractivity contribution in [3.05, 3.63) is 33.9 Å². The Morgan fingerprint density at radius 1 is 1.45 bits per heavy atom. The van der Waals surface area contributed by atoms with Crippen molar-refractivity contribution >= 4 is 15.5 Å². The fourth-order valence-corrected chi connectivity index (χ4v) is 3.42. The van der Waals surface area contributed by atoms with Crippen molar-refractivity contribution in [2.24, 2.45) is 5.73 Å². The maximum atomic E-state index is 11.9. The van der Waals surface area contributed by atoms with Gasteiger partial charge in [0, 0.05) is 12.1 Å². The summed E-state index contributed by atoms with van der Waals surface area (Å²) in [5.74, 6) is -0.309. The summed E-state index contributed by atoms with van der Waals surface area (Å²) in [7, 11) is -2.08. The monoisotopic (exact) mass is 302 g/mol. The lowest BCUT2D eigenvalue weighted by Gasteiger charge is -2.10. The van der Waals surface area contributed by atoms with Gasteiger partial charge in [-0.2, -0.15) is 0 Å². The molecule has 1 aromatic rings. The first kappa shape index (κ1) is 16.4. The van der Waals surface area contributed by atoms with Crippen LogP contribution in [0.15, 0.2) is 18.2 Å². The summed E-state index contributed by atoms with van der Waals surface area (Å²) in [6, 6.07) is 3.69. The van der Waals surface area contributed by atoms with Crippen LogP contribution < -0.4 is 10.5 Å². The lowest BCUT2D eigenvalue weighted by atomic mass is 10.2. The fraction of sp³-hybridized carbons (Fsp3) is 0.500. The van der Waals surface area contributed by atoms with Gasteiger partial charge in [0.15, 0.2) is 15.6 Å². The molecule has 0 spiro atoms. The molecule has 0 aromatic heterocycles. The largest absolute Gasteiger partial charge is 0.490 e. The van der Waals surface area contributed by atoms with Crippen LogP contribution >= 0.6 is 0 Å². The Balaban J connectivity index is 2.99. The molecule has 0 bridgehead atoms. The van der Waals surface area contributed by atoms with E-state index >= 15 is 0 Å². The summed E-state index contributed by atoms with van der Waals surface area (Å²) in [5.41, 5.74) is 5.73. The molecule has 2 N–H and O–H groups in total. The predicted molar refractivity (Wildman–Crippen MR) is 75.4 cm³/mol. The number of nitrogens with zero attached hydrogens (tertiary/aromatic N) is 1. The van der Waals surface area contributed by atoms with Crippen molar-refractivity contribution in [1.82, 2.24) is 0 Å². The van der Waals surface area contributed by atoms with Crippen molar-refractivity contribution < 1.29 is 18.1 Å². The normalized spacial score (nSPS) is 12.9. The number of rotatable bonds is 7. The Bertz CT molecular complexity index is 586. The summed E-state index contributed by atoms with van der Waals surface area (Å²) in [4.78, 5) is 10.3. The van der Waals surface area contributed by atoms with Gasteiger partial charge in [-0.1, -0.05) is 13.0 Å². The molecule has 7 nitrogen and oxygen atoms in total. The zero-order chi connectivity index (χ0) is 15.3. The van der Waals surface area contributed by atoms with Crippen molar-refractivity contribution in [3.63, 3.8) is 0 Å². The van der Waals surface area contributed by atoms with Crippen LogP contribution in [0, 0.1) is 10.1 Å². The quantitative estimate of drug-likeness (QED) is 0.599. The molecule has 0 heterocycles. The molecule has 1 aromatic carbocycles.